The number of rotatable bonds is 3. The fourth-order valence-electron chi connectivity index (χ4n) is 1.31. The Morgan fingerprint density at radius 2 is 2.24 bits per heavy atom. The molecule has 0 fully saturated rings. The van der Waals surface area contributed by atoms with Crippen LogP contribution in [-0.2, 0) is 5.75 Å². The van der Waals surface area contributed by atoms with Crippen LogP contribution in [0.4, 0.5) is 5.13 Å². The van der Waals surface area contributed by atoms with Crippen molar-refractivity contribution in [3.63, 3.8) is 0 Å². The first kappa shape index (κ1) is 10.4. The fourth-order valence-corrected chi connectivity index (χ4v) is 2.86. The molecule has 3 aromatic heterocycles. The number of anilines is 1. The molecule has 3 rings (SSSR count). The highest BCUT2D eigenvalue weighted by atomic mass is 32.2. The summed E-state index contributed by atoms with van der Waals surface area (Å²) >= 11 is 2.93. The summed E-state index contributed by atoms with van der Waals surface area (Å²) in [6.45, 7) is 0. The van der Waals surface area contributed by atoms with Gasteiger partial charge in [-0.3, -0.25) is 0 Å². The summed E-state index contributed by atoms with van der Waals surface area (Å²) in [5, 5.41) is 9.92. The average Bonchev–Trinajstić information content (AvgIpc) is 2.94. The second-order valence-electron chi connectivity index (χ2n) is 3.10. The highest BCUT2D eigenvalue weighted by molar-refractivity contribution is 7.98. The predicted molar refractivity (Wildman–Crippen MR) is 65.6 cm³/mol. The lowest BCUT2D eigenvalue weighted by Gasteiger charge is -1.98. The lowest BCUT2D eigenvalue weighted by atomic mass is 10.6. The molecule has 86 valence electrons. The van der Waals surface area contributed by atoms with Gasteiger partial charge in [-0.05, 0) is 0 Å². The van der Waals surface area contributed by atoms with Gasteiger partial charge in [0.2, 0.25) is 5.13 Å². The Morgan fingerprint density at radius 3 is 3.06 bits per heavy atom. The predicted octanol–water partition coefficient (Wildman–Crippen LogP) is 1.08. The van der Waals surface area contributed by atoms with Gasteiger partial charge in [-0.2, -0.15) is 0 Å². The Bertz CT molecular complexity index is 646. The summed E-state index contributed by atoms with van der Waals surface area (Å²) in [5.41, 5.74) is 7.02. The van der Waals surface area contributed by atoms with E-state index < -0.39 is 0 Å². The van der Waals surface area contributed by atoms with Crippen molar-refractivity contribution in [3.8, 4) is 0 Å². The van der Waals surface area contributed by atoms with E-state index in [9.17, 15) is 0 Å². The Balaban J connectivity index is 1.83. The van der Waals surface area contributed by atoms with Crippen molar-refractivity contribution < 1.29 is 0 Å². The number of hydrogen-bond acceptors (Lipinski definition) is 8. The van der Waals surface area contributed by atoms with Crippen LogP contribution in [0.15, 0.2) is 17.7 Å². The molecule has 0 bridgehead atoms. The molecule has 3 heterocycles. The van der Waals surface area contributed by atoms with Crippen LogP contribution < -0.4 is 5.73 Å². The molecule has 0 unspecified atom stereocenters. The van der Waals surface area contributed by atoms with Gasteiger partial charge in [0, 0.05) is 0 Å². The lowest BCUT2D eigenvalue weighted by Crippen LogP contribution is -1.87. The number of fused-ring (bicyclic) bond motifs is 1. The van der Waals surface area contributed by atoms with Crippen LogP contribution in [0.2, 0.25) is 0 Å². The van der Waals surface area contributed by atoms with Crippen LogP contribution in [0.5, 0.6) is 0 Å². The summed E-state index contributed by atoms with van der Waals surface area (Å²) in [6, 6.07) is 0. The van der Waals surface area contributed by atoms with Crippen LogP contribution >= 0.6 is 23.1 Å². The summed E-state index contributed by atoms with van der Waals surface area (Å²) < 4.78 is 0. The van der Waals surface area contributed by atoms with Crippen molar-refractivity contribution in [2.75, 3.05) is 5.73 Å². The number of imidazole rings is 1. The van der Waals surface area contributed by atoms with Gasteiger partial charge in [0.1, 0.15) is 21.9 Å². The number of aromatic amines is 1. The van der Waals surface area contributed by atoms with E-state index in [1.807, 2.05) is 0 Å². The Labute approximate surface area is 104 Å². The van der Waals surface area contributed by atoms with Gasteiger partial charge in [-0.15, -0.1) is 10.2 Å². The minimum absolute atomic E-state index is 0.481. The van der Waals surface area contributed by atoms with E-state index in [0.717, 1.165) is 15.6 Å². The second-order valence-corrected chi connectivity index (χ2v) is 5.16. The van der Waals surface area contributed by atoms with Crippen LogP contribution in [0.1, 0.15) is 5.01 Å². The average molecular weight is 265 g/mol. The normalized spacial score (nSPS) is 11.1. The summed E-state index contributed by atoms with van der Waals surface area (Å²) in [7, 11) is 0. The molecule has 0 aliphatic rings. The van der Waals surface area contributed by atoms with E-state index in [2.05, 4.69) is 30.1 Å². The van der Waals surface area contributed by atoms with Crippen molar-refractivity contribution in [1.29, 1.82) is 0 Å². The zero-order valence-electron chi connectivity index (χ0n) is 8.49. The molecule has 0 atom stereocenters. The first-order valence-corrected chi connectivity index (χ1v) is 6.48. The molecular formula is C8H7N7S2. The molecule has 7 nitrogen and oxygen atoms in total. The maximum Gasteiger partial charge on any atom is 0.203 e. The number of aromatic nitrogens is 6. The molecule has 0 aliphatic carbocycles. The van der Waals surface area contributed by atoms with Gasteiger partial charge in [0.15, 0.2) is 5.65 Å². The van der Waals surface area contributed by atoms with Gasteiger partial charge < -0.3 is 10.7 Å². The molecule has 0 radical (unpaired) electrons. The van der Waals surface area contributed by atoms with Gasteiger partial charge in [-0.1, -0.05) is 23.1 Å². The second kappa shape index (κ2) is 4.26. The Hall–Kier alpha value is -1.74. The molecule has 0 amide bonds. The third-order valence-corrected chi connectivity index (χ3v) is 3.94. The molecule has 17 heavy (non-hydrogen) atoms. The smallest absolute Gasteiger partial charge is 0.203 e. The minimum atomic E-state index is 0.481. The van der Waals surface area contributed by atoms with E-state index in [1.165, 1.54) is 17.7 Å². The van der Waals surface area contributed by atoms with E-state index >= 15 is 0 Å². The van der Waals surface area contributed by atoms with Gasteiger partial charge >= 0.3 is 0 Å². The van der Waals surface area contributed by atoms with E-state index in [0.29, 0.717) is 16.5 Å². The zero-order chi connectivity index (χ0) is 11.7. The molecule has 9 heteroatoms. The molecule has 0 saturated carbocycles. The van der Waals surface area contributed by atoms with Gasteiger partial charge in [-0.25, -0.2) is 15.0 Å². The fraction of sp³-hybridized carbons (Fsp3) is 0.125. The number of thioether (sulfide) groups is 1. The molecule has 0 aromatic carbocycles. The standard InChI is InChI=1S/C8H7N7S2/c9-8-15-14-4(17-8)1-16-7-5-6(11-2-10-5)12-3-13-7/h2-3H,1H2,(H2,9,15)(H,10,11,12,13). The molecule has 3 N–H and O–H groups in total. The van der Waals surface area contributed by atoms with Crippen LogP contribution in [-0.4, -0.2) is 30.1 Å². The SMILES string of the molecule is Nc1nnc(CSc2ncnc3nc[nH]c23)s1. The number of nitrogens with one attached hydrogen (secondary N) is 1. The van der Waals surface area contributed by atoms with E-state index in [1.54, 1.807) is 18.1 Å². The Kier molecular flexibility index (Phi) is 2.61. The number of hydrogen-bond donors (Lipinski definition) is 2. The molecule has 3 aromatic rings. The molecule has 0 saturated heterocycles. The molecule has 0 aliphatic heterocycles. The Morgan fingerprint density at radius 1 is 1.29 bits per heavy atom. The number of nitrogens with zero attached hydrogens (tertiary/aromatic N) is 5. The number of H-pyrrole nitrogens is 1. The quantitative estimate of drug-likeness (QED) is 0.539. The van der Waals surface area contributed by atoms with Crippen molar-refractivity contribution in [1.82, 2.24) is 30.1 Å². The third kappa shape index (κ3) is 2.06. The van der Waals surface area contributed by atoms with E-state index in [-0.39, 0.29) is 0 Å². The maximum absolute atomic E-state index is 5.52. The minimum Gasteiger partial charge on any atom is -0.374 e. The summed E-state index contributed by atoms with van der Waals surface area (Å²) in [4.78, 5) is 15.3. The first-order valence-electron chi connectivity index (χ1n) is 4.67. The first-order chi connectivity index (χ1) is 8.33. The highest BCUT2D eigenvalue weighted by Crippen LogP contribution is 2.26. The highest BCUT2D eigenvalue weighted by Gasteiger charge is 2.08. The van der Waals surface area contributed by atoms with Gasteiger partial charge in [0.25, 0.3) is 0 Å². The monoisotopic (exact) mass is 265 g/mol. The van der Waals surface area contributed by atoms with Crippen molar-refractivity contribution in [3.05, 3.63) is 17.7 Å². The van der Waals surface area contributed by atoms with Crippen LogP contribution in [0, 0.1) is 0 Å². The largest absolute Gasteiger partial charge is 0.374 e. The van der Waals surface area contributed by atoms with Crippen LogP contribution in [0.25, 0.3) is 11.2 Å². The zero-order valence-corrected chi connectivity index (χ0v) is 10.1. The van der Waals surface area contributed by atoms with Gasteiger partial charge in [0.05, 0.1) is 12.1 Å². The van der Waals surface area contributed by atoms with Crippen LogP contribution in [0.3, 0.4) is 0 Å². The van der Waals surface area contributed by atoms with E-state index in [4.69, 9.17) is 5.73 Å². The topological polar surface area (TPSA) is 106 Å². The van der Waals surface area contributed by atoms with Crippen molar-refractivity contribution in [2.45, 2.75) is 10.8 Å². The molecular weight excluding hydrogens is 258 g/mol. The van der Waals surface area contributed by atoms with Crippen molar-refractivity contribution >= 4 is 39.4 Å². The summed E-state index contributed by atoms with van der Waals surface area (Å²) in [5.74, 6) is 0.681. The number of nitrogens with two attached hydrogens (primary N) is 1. The molecule has 0 spiro atoms. The van der Waals surface area contributed by atoms with Crippen molar-refractivity contribution in [2.24, 2.45) is 0 Å². The lowest BCUT2D eigenvalue weighted by molar-refractivity contribution is 1.04. The summed E-state index contributed by atoms with van der Waals surface area (Å²) in [6.07, 6.45) is 3.10. The maximum atomic E-state index is 5.52. The number of nitrogen functional groups attached to an aromatic ring is 1. The third-order valence-electron chi connectivity index (χ3n) is 2.00.